The Labute approximate surface area is 113 Å². The molecule has 0 bridgehead atoms. The molecule has 19 heavy (non-hydrogen) atoms. The molecule has 1 atom stereocenters. The van der Waals surface area contributed by atoms with Crippen LogP contribution in [0, 0.1) is 5.92 Å². The molecule has 0 spiro atoms. The summed E-state index contributed by atoms with van der Waals surface area (Å²) < 4.78 is 16.6. The Kier molecular flexibility index (Phi) is 3.87. The fourth-order valence-corrected chi connectivity index (χ4v) is 2.81. The maximum absolute atomic E-state index is 5.75. The fourth-order valence-electron chi connectivity index (χ4n) is 2.81. The second-order valence-corrected chi connectivity index (χ2v) is 5.00. The van der Waals surface area contributed by atoms with Gasteiger partial charge in [0.2, 0.25) is 0 Å². The fraction of sp³-hybridized carbons (Fsp3) is 0.571. The largest absolute Gasteiger partial charge is 0.486 e. The van der Waals surface area contributed by atoms with E-state index in [1.54, 1.807) is 0 Å². The molecule has 0 aliphatic carbocycles. The molecule has 2 heterocycles. The van der Waals surface area contributed by atoms with Crippen LogP contribution in [0.4, 0.5) is 0 Å². The van der Waals surface area contributed by atoms with Gasteiger partial charge in [0.15, 0.2) is 11.5 Å². The van der Waals surface area contributed by atoms with Crippen LogP contribution in [0.25, 0.3) is 0 Å². The molecule has 2 aliphatic heterocycles. The zero-order chi connectivity index (χ0) is 13.1. The molecule has 5 nitrogen and oxygen atoms in total. The number of hydrogen-bond donors (Lipinski definition) is 2. The summed E-state index contributed by atoms with van der Waals surface area (Å²) in [7, 11) is 0. The Morgan fingerprint density at radius 1 is 1.05 bits per heavy atom. The number of nitrogens with one attached hydrogen (secondary N) is 1. The lowest BCUT2D eigenvalue weighted by molar-refractivity contribution is 0.0535. The SMILES string of the molecule is NNC(c1ccc2c(c1)OCCO2)C1CCOCC1. The Morgan fingerprint density at radius 3 is 2.53 bits per heavy atom. The van der Waals surface area contributed by atoms with Crippen LogP contribution >= 0.6 is 0 Å². The molecule has 0 saturated carbocycles. The first kappa shape index (κ1) is 12.7. The van der Waals surface area contributed by atoms with Gasteiger partial charge in [-0.2, -0.15) is 0 Å². The highest BCUT2D eigenvalue weighted by Crippen LogP contribution is 2.36. The third-order valence-electron chi connectivity index (χ3n) is 3.84. The molecule has 1 aromatic rings. The highest BCUT2D eigenvalue weighted by Gasteiger charge is 2.25. The summed E-state index contributed by atoms with van der Waals surface area (Å²) >= 11 is 0. The summed E-state index contributed by atoms with van der Waals surface area (Å²) in [5, 5.41) is 0. The van der Waals surface area contributed by atoms with E-state index in [1.807, 2.05) is 12.1 Å². The highest BCUT2D eigenvalue weighted by molar-refractivity contribution is 5.44. The van der Waals surface area contributed by atoms with Crippen LogP contribution in [0.2, 0.25) is 0 Å². The first-order chi connectivity index (χ1) is 9.38. The van der Waals surface area contributed by atoms with E-state index in [1.165, 1.54) is 0 Å². The summed E-state index contributed by atoms with van der Waals surface area (Å²) in [6, 6.07) is 6.20. The van der Waals surface area contributed by atoms with Gasteiger partial charge in [0, 0.05) is 19.3 Å². The number of rotatable bonds is 3. The van der Waals surface area contributed by atoms with Gasteiger partial charge in [-0.25, -0.2) is 0 Å². The van der Waals surface area contributed by atoms with Gasteiger partial charge in [-0.05, 0) is 36.5 Å². The topological polar surface area (TPSA) is 65.7 Å². The number of hydrogen-bond acceptors (Lipinski definition) is 5. The van der Waals surface area contributed by atoms with E-state index < -0.39 is 0 Å². The van der Waals surface area contributed by atoms with Gasteiger partial charge in [-0.1, -0.05) is 6.07 Å². The lowest BCUT2D eigenvalue weighted by atomic mass is 9.87. The Balaban J connectivity index is 1.82. The lowest BCUT2D eigenvalue weighted by Gasteiger charge is -2.30. The van der Waals surface area contributed by atoms with Crippen molar-refractivity contribution in [2.24, 2.45) is 11.8 Å². The molecule has 3 rings (SSSR count). The van der Waals surface area contributed by atoms with Crippen molar-refractivity contribution in [3.05, 3.63) is 23.8 Å². The second kappa shape index (κ2) is 5.77. The van der Waals surface area contributed by atoms with Crippen LogP contribution in [0.1, 0.15) is 24.4 Å². The van der Waals surface area contributed by atoms with Gasteiger partial charge in [-0.3, -0.25) is 11.3 Å². The number of hydrazine groups is 1. The molecular weight excluding hydrogens is 244 g/mol. The maximum Gasteiger partial charge on any atom is 0.161 e. The van der Waals surface area contributed by atoms with E-state index in [-0.39, 0.29) is 6.04 Å². The van der Waals surface area contributed by atoms with Crippen LogP contribution in [0.3, 0.4) is 0 Å². The molecule has 0 radical (unpaired) electrons. The molecule has 0 amide bonds. The normalized spacial score (nSPS) is 21.1. The van der Waals surface area contributed by atoms with Crippen LogP contribution < -0.4 is 20.7 Å². The first-order valence-corrected chi connectivity index (χ1v) is 6.82. The van der Waals surface area contributed by atoms with E-state index in [0.29, 0.717) is 19.1 Å². The van der Waals surface area contributed by atoms with Crippen molar-refractivity contribution < 1.29 is 14.2 Å². The number of nitrogens with two attached hydrogens (primary N) is 1. The van der Waals surface area contributed by atoms with Gasteiger partial charge in [0.05, 0.1) is 0 Å². The van der Waals surface area contributed by atoms with Gasteiger partial charge in [0.1, 0.15) is 13.2 Å². The van der Waals surface area contributed by atoms with E-state index >= 15 is 0 Å². The van der Waals surface area contributed by atoms with E-state index in [9.17, 15) is 0 Å². The van der Waals surface area contributed by atoms with Crippen molar-refractivity contribution in [1.29, 1.82) is 0 Å². The summed E-state index contributed by atoms with van der Waals surface area (Å²) in [4.78, 5) is 0. The maximum atomic E-state index is 5.75. The van der Waals surface area contributed by atoms with Crippen LogP contribution in [0.15, 0.2) is 18.2 Å². The van der Waals surface area contributed by atoms with E-state index in [0.717, 1.165) is 43.1 Å². The zero-order valence-electron chi connectivity index (χ0n) is 10.9. The van der Waals surface area contributed by atoms with Gasteiger partial charge >= 0.3 is 0 Å². The van der Waals surface area contributed by atoms with Crippen molar-refractivity contribution in [3.8, 4) is 11.5 Å². The monoisotopic (exact) mass is 264 g/mol. The minimum Gasteiger partial charge on any atom is -0.486 e. The molecule has 1 unspecified atom stereocenters. The second-order valence-electron chi connectivity index (χ2n) is 5.00. The molecule has 1 aromatic carbocycles. The van der Waals surface area contributed by atoms with Crippen molar-refractivity contribution in [3.63, 3.8) is 0 Å². The first-order valence-electron chi connectivity index (χ1n) is 6.82. The smallest absolute Gasteiger partial charge is 0.161 e. The minimum atomic E-state index is 0.139. The van der Waals surface area contributed by atoms with E-state index in [2.05, 4.69) is 11.5 Å². The Morgan fingerprint density at radius 2 is 1.79 bits per heavy atom. The predicted octanol–water partition coefficient (Wildman–Crippen LogP) is 1.39. The van der Waals surface area contributed by atoms with Crippen molar-refractivity contribution in [2.45, 2.75) is 18.9 Å². The lowest BCUT2D eigenvalue weighted by Crippen LogP contribution is -2.36. The minimum absolute atomic E-state index is 0.139. The molecule has 2 aliphatic rings. The predicted molar refractivity (Wildman–Crippen MR) is 71.0 cm³/mol. The number of benzene rings is 1. The Bertz CT molecular complexity index is 433. The van der Waals surface area contributed by atoms with Gasteiger partial charge < -0.3 is 14.2 Å². The summed E-state index contributed by atoms with van der Waals surface area (Å²) in [5.74, 6) is 7.88. The van der Waals surface area contributed by atoms with E-state index in [4.69, 9.17) is 20.1 Å². The van der Waals surface area contributed by atoms with Gasteiger partial charge in [0.25, 0.3) is 0 Å². The molecule has 0 aromatic heterocycles. The van der Waals surface area contributed by atoms with Crippen LogP contribution in [-0.4, -0.2) is 26.4 Å². The molecule has 1 fully saturated rings. The number of fused-ring (bicyclic) bond motifs is 1. The molecule has 104 valence electrons. The third-order valence-corrected chi connectivity index (χ3v) is 3.84. The summed E-state index contributed by atoms with van der Waals surface area (Å²) in [5.41, 5.74) is 4.09. The number of ether oxygens (including phenoxy) is 3. The quantitative estimate of drug-likeness (QED) is 0.638. The van der Waals surface area contributed by atoms with Crippen molar-refractivity contribution in [1.82, 2.24) is 5.43 Å². The standard InChI is InChI=1S/C14H20N2O3/c15-16-14(10-3-5-17-6-4-10)11-1-2-12-13(9-11)19-8-7-18-12/h1-2,9-10,14,16H,3-8,15H2. The molecular formula is C14H20N2O3. The zero-order valence-corrected chi connectivity index (χ0v) is 10.9. The average Bonchev–Trinajstić information content (AvgIpc) is 2.49. The summed E-state index contributed by atoms with van der Waals surface area (Å²) in [6.07, 6.45) is 2.06. The highest BCUT2D eigenvalue weighted by atomic mass is 16.6. The van der Waals surface area contributed by atoms with Gasteiger partial charge in [-0.15, -0.1) is 0 Å². The molecule has 1 saturated heterocycles. The Hall–Kier alpha value is -1.30. The van der Waals surface area contributed by atoms with Crippen molar-refractivity contribution in [2.75, 3.05) is 26.4 Å². The third kappa shape index (κ3) is 2.68. The van der Waals surface area contributed by atoms with Crippen LogP contribution in [0.5, 0.6) is 11.5 Å². The van der Waals surface area contributed by atoms with Crippen molar-refractivity contribution >= 4 is 0 Å². The molecule has 5 heteroatoms. The summed E-state index contributed by atoms with van der Waals surface area (Å²) in [6.45, 7) is 2.85. The average molecular weight is 264 g/mol. The molecule has 3 N–H and O–H groups in total. The van der Waals surface area contributed by atoms with Crippen LogP contribution in [-0.2, 0) is 4.74 Å².